The minimum absolute atomic E-state index is 0.122. The van der Waals surface area contributed by atoms with Gasteiger partial charge >= 0.3 is 0 Å². The van der Waals surface area contributed by atoms with Crippen LogP contribution in [-0.4, -0.2) is 43.9 Å². The molecule has 1 aromatic heterocycles. The smallest absolute Gasteiger partial charge is 0.232 e. The quantitative estimate of drug-likeness (QED) is 0.612. The van der Waals surface area contributed by atoms with Gasteiger partial charge in [-0.25, -0.2) is 4.39 Å². The molecule has 1 aliphatic heterocycles. The van der Waals surface area contributed by atoms with Gasteiger partial charge in [-0.2, -0.15) is 4.98 Å². The summed E-state index contributed by atoms with van der Waals surface area (Å²) in [5.74, 6) is 1.05. The first-order chi connectivity index (χ1) is 14.5. The van der Waals surface area contributed by atoms with Crippen LogP contribution in [0.25, 0.3) is 11.4 Å². The lowest BCUT2D eigenvalue weighted by atomic mass is 10.1. The van der Waals surface area contributed by atoms with E-state index in [1.165, 1.54) is 24.1 Å². The van der Waals surface area contributed by atoms with Crippen molar-refractivity contribution in [1.82, 2.24) is 10.1 Å². The number of carbonyl (C=O) groups is 1. The lowest BCUT2D eigenvalue weighted by Gasteiger charge is -2.16. The van der Waals surface area contributed by atoms with Crippen LogP contribution >= 0.6 is 0 Å². The lowest BCUT2D eigenvalue weighted by Crippen LogP contribution is -2.24. The number of carbonyl (C=O) groups excluding carboxylic acids is 1. The Bertz CT molecular complexity index is 1060. The molecule has 1 aliphatic rings. The second-order valence-electron chi connectivity index (χ2n) is 6.78. The van der Waals surface area contributed by atoms with Crippen molar-refractivity contribution in [2.75, 3.05) is 32.8 Å². The third kappa shape index (κ3) is 3.66. The van der Waals surface area contributed by atoms with Gasteiger partial charge in [0.15, 0.2) is 11.6 Å². The fraction of sp³-hybridized carbons (Fsp3) is 0.286. The number of methoxy groups -OCH3 is 3. The van der Waals surface area contributed by atoms with Crippen molar-refractivity contribution in [2.24, 2.45) is 0 Å². The molecule has 156 valence electrons. The fourth-order valence-electron chi connectivity index (χ4n) is 3.40. The zero-order chi connectivity index (χ0) is 21.3. The average Bonchev–Trinajstić information content (AvgIpc) is 3.40. The largest absolute Gasteiger partial charge is 0.497 e. The summed E-state index contributed by atoms with van der Waals surface area (Å²) in [6.45, 7) is 0.313. The van der Waals surface area contributed by atoms with Gasteiger partial charge < -0.3 is 23.6 Å². The molecule has 30 heavy (non-hydrogen) atoms. The molecule has 1 saturated heterocycles. The van der Waals surface area contributed by atoms with Gasteiger partial charge in [-0.05, 0) is 24.3 Å². The predicted molar refractivity (Wildman–Crippen MR) is 106 cm³/mol. The lowest BCUT2D eigenvalue weighted by molar-refractivity contribution is -0.117. The van der Waals surface area contributed by atoms with Crippen molar-refractivity contribution >= 4 is 11.6 Å². The van der Waals surface area contributed by atoms with Gasteiger partial charge in [-0.1, -0.05) is 5.16 Å². The molecule has 3 aromatic rings. The molecular weight excluding hydrogens is 393 g/mol. The zero-order valence-corrected chi connectivity index (χ0v) is 16.7. The second kappa shape index (κ2) is 8.02. The van der Waals surface area contributed by atoms with Crippen molar-refractivity contribution in [3.8, 4) is 28.6 Å². The Labute approximate surface area is 172 Å². The standard InChI is InChI=1S/C21H20FN3O5/c1-27-15-6-12(7-16(10-15)28-2)20-23-21(30-24-20)13-8-19(26)25(11-13)14-4-5-18(29-3)17(22)9-14/h4-7,9-10,13H,8,11H2,1-3H3. The monoisotopic (exact) mass is 413 g/mol. The maximum Gasteiger partial charge on any atom is 0.232 e. The highest BCUT2D eigenvalue weighted by Crippen LogP contribution is 2.34. The van der Waals surface area contributed by atoms with Crippen molar-refractivity contribution in [3.63, 3.8) is 0 Å². The predicted octanol–water partition coefficient (Wildman–Crippen LogP) is 3.42. The normalized spacial score (nSPS) is 16.1. The summed E-state index contributed by atoms with van der Waals surface area (Å²) in [5, 5.41) is 4.04. The summed E-state index contributed by atoms with van der Waals surface area (Å²) in [7, 11) is 4.50. The third-order valence-corrected chi connectivity index (χ3v) is 4.97. The van der Waals surface area contributed by atoms with Crippen LogP contribution in [-0.2, 0) is 4.79 Å². The number of rotatable bonds is 6. The first-order valence-corrected chi connectivity index (χ1v) is 9.23. The Morgan fingerprint density at radius 2 is 1.80 bits per heavy atom. The molecular formula is C21H20FN3O5. The molecule has 2 aromatic carbocycles. The molecule has 9 heteroatoms. The van der Waals surface area contributed by atoms with Crippen LogP contribution in [0.5, 0.6) is 17.2 Å². The van der Waals surface area contributed by atoms with Crippen LogP contribution in [0, 0.1) is 5.82 Å². The van der Waals surface area contributed by atoms with E-state index in [2.05, 4.69) is 10.1 Å². The summed E-state index contributed by atoms with van der Waals surface area (Å²) in [6.07, 6.45) is 0.191. The first kappa shape index (κ1) is 19.7. The van der Waals surface area contributed by atoms with Crippen LogP contribution in [0.1, 0.15) is 18.2 Å². The maximum atomic E-state index is 14.0. The molecule has 0 bridgehead atoms. The number of amides is 1. The number of halogens is 1. The average molecular weight is 413 g/mol. The van der Waals surface area contributed by atoms with Crippen molar-refractivity contribution < 1.29 is 27.9 Å². The van der Waals surface area contributed by atoms with Crippen molar-refractivity contribution in [3.05, 3.63) is 48.1 Å². The minimum Gasteiger partial charge on any atom is -0.497 e. The molecule has 0 spiro atoms. The molecule has 1 atom stereocenters. The molecule has 0 N–H and O–H groups in total. The number of hydrogen-bond donors (Lipinski definition) is 0. The van der Waals surface area contributed by atoms with E-state index in [0.29, 0.717) is 41.0 Å². The van der Waals surface area contributed by atoms with Crippen LogP contribution < -0.4 is 19.1 Å². The maximum absolute atomic E-state index is 14.0. The van der Waals surface area contributed by atoms with Crippen LogP contribution in [0.15, 0.2) is 40.9 Å². The Morgan fingerprint density at radius 1 is 1.07 bits per heavy atom. The number of aromatic nitrogens is 2. The number of anilines is 1. The van der Waals surface area contributed by atoms with E-state index >= 15 is 0 Å². The van der Waals surface area contributed by atoms with Crippen LogP contribution in [0.4, 0.5) is 10.1 Å². The van der Waals surface area contributed by atoms with Gasteiger partial charge in [-0.15, -0.1) is 0 Å². The minimum atomic E-state index is -0.529. The second-order valence-corrected chi connectivity index (χ2v) is 6.78. The Morgan fingerprint density at radius 3 is 2.43 bits per heavy atom. The Kier molecular flexibility index (Phi) is 5.26. The molecule has 0 aliphatic carbocycles. The summed E-state index contributed by atoms with van der Waals surface area (Å²) in [4.78, 5) is 18.5. The third-order valence-electron chi connectivity index (χ3n) is 4.97. The molecule has 0 radical (unpaired) electrons. The highest BCUT2D eigenvalue weighted by molar-refractivity contribution is 5.96. The number of benzene rings is 2. The number of ether oxygens (including phenoxy) is 3. The molecule has 1 fully saturated rings. The fourth-order valence-corrected chi connectivity index (χ4v) is 3.40. The first-order valence-electron chi connectivity index (χ1n) is 9.23. The summed E-state index contributed by atoms with van der Waals surface area (Å²) >= 11 is 0. The molecule has 2 heterocycles. The van der Waals surface area contributed by atoms with Gasteiger partial charge in [0.25, 0.3) is 0 Å². The number of nitrogens with zero attached hydrogens (tertiary/aromatic N) is 3. The van der Waals surface area contributed by atoms with E-state index in [4.69, 9.17) is 18.7 Å². The summed E-state index contributed by atoms with van der Waals surface area (Å²) in [5.41, 5.74) is 1.12. The van der Waals surface area contributed by atoms with Crippen molar-refractivity contribution in [1.29, 1.82) is 0 Å². The number of hydrogen-bond acceptors (Lipinski definition) is 7. The summed E-state index contributed by atoms with van der Waals surface area (Å²) in [6, 6.07) is 9.69. The van der Waals surface area contributed by atoms with Gasteiger partial charge in [0.1, 0.15) is 11.5 Å². The van der Waals surface area contributed by atoms with Gasteiger partial charge in [-0.3, -0.25) is 4.79 Å². The van der Waals surface area contributed by atoms with E-state index in [1.807, 2.05) is 0 Å². The highest BCUT2D eigenvalue weighted by atomic mass is 19.1. The van der Waals surface area contributed by atoms with E-state index in [-0.39, 0.29) is 24.0 Å². The Hall–Kier alpha value is -3.62. The van der Waals surface area contributed by atoms with Gasteiger partial charge in [0.2, 0.25) is 17.6 Å². The molecule has 0 saturated carbocycles. The zero-order valence-electron chi connectivity index (χ0n) is 16.7. The highest BCUT2D eigenvalue weighted by Gasteiger charge is 2.35. The molecule has 8 nitrogen and oxygen atoms in total. The van der Waals surface area contributed by atoms with Crippen LogP contribution in [0.3, 0.4) is 0 Å². The Balaban J connectivity index is 1.56. The summed E-state index contributed by atoms with van der Waals surface area (Å²) < 4.78 is 34.9. The van der Waals surface area contributed by atoms with Crippen LogP contribution in [0.2, 0.25) is 0 Å². The van der Waals surface area contributed by atoms with E-state index < -0.39 is 5.82 Å². The topological polar surface area (TPSA) is 86.9 Å². The molecule has 1 amide bonds. The van der Waals surface area contributed by atoms with E-state index in [1.54, 1.807) is 38.5 Å². The van der Waals surface area contributed by atoms with Gasteiger partial charge in [0, 0.05) is 36.3 Å². The van der Waals surface area contributed by atoms with E-state index in [0.717, 1.165) is 0 Å². The molecule has 1 unspecified atom stereocenters. The molecule has 4 rings (SSSR count). The van der Waals surface area contributed by atoms with Gasteiger partial charge in [0.05, 0.1) is 27.2 Å². The SMILES string of the molecule is COc1cc(OC)cc(-c2noc(C3CC(=O)N(c4ccc(OC)c(F)c4)C3)n2)c1. The van der Waals surface area contributed by atoms with E-state index in [9.17, 15) is 9.18 Å². The van der Waals surface area contributed by atoms with Crippen molar-refractivity contribution in [2.45, 2.75) is 12.3 Å².